The maximum atomic E-state index is 11.6. The average Bonchev–Trinajstić information content (AvgIpc) is 2.24. The van der Waals surface area contributed by atoms with Crippen LogP contribution in [-0.4, -0.2) is 33.4 Å². The Morgan fingerprint density at radius 3 is 2.10 bits per heavy atom. The number of aromatic hydroxyl groups is 1. The van der Waals surface area contributed by atoms with Gasteiger partial charge >= 0.3 is 12.1 Å². The van der Waals surface area contributed by atoms with Gasteiger partial charge in [-0.25, -0.2) is 9.59 Å². The zero-order valence-electron chi connectivity index (χ0n) is 11.5. The normalized spacial score (nSPS) is 11.9. The first-order chi connectivity index (χ1) is 8.69. The third-order valence-electron chi connectivity index (χ3n) is 2.13. The van der Waals surface area contributed by atoms with Gasteiger partial charge in [0.15, 0.2) is 6.04 Å². The first kappa shape index (κ1) is 17.7. The van der Waals surface area contributed by atoms with Gasteiger partial charge in [-0.1, -0.05) is 12.1 Å². The number of hydrogen-bond donors (Lipinski definition) is 3. The number of benzene rings is 1. The monoisotopic (exact) mass is 285 g/mol. The Morgan fingerprint density at radius 1 is 1.20 bits per heavy atom. The van der Waals surface area contributed by atoms with Crippen LogP contribution in [0.3, 0.4) is 0 Å². The van der Waals surface area contributed by atoms with E-state index in [0.717, 1.165) is 0 Å². The third kappa shape index (κ3) is 5.57. The van der Waals surface area contributed by atoms with E-state index < -0.39 is 23.7 Å². The SMILES string of the molecule is CC(C)(C)OC(=O)N[C@@H](C(=O)O)c1ccc(O)cc1.O. The van der Waals surface area contributed by atoms with Crippen LogP contribution in [0.2, 0.25) is 0 Å². The van der Waals surface area contributed by atoms with E-state index in [1.807, 2.05) is 0 Å². The number of nitrogens with one attached hydrogen (secondary N) is 1. The number of aliphatic carboxylic acids is 1. The highest BCUT2D eigenvalue weighted by atomic mass is 16.6. The Bertz CT molecular complexity index is 463. The molecule has 7 nitrogen and oxygen atoms in total. The number of hydrogen-bond acceptors (Lipinski definition) is 4. The van der Waals surface area contributed by atoms with Gasteiger partial charge in [-0.15, -0.1) is 0 Å². The van der Waals surface area contributed by atoms with E-state index in [1.165, 1.54) is 24.3 Å². The molecule has 1 aromatic rings. The summed E-state index contributed by atoms with van der Waals surface area (Å²) in [6.07, 6.45) is -0.812. The lowest BCUT2D eigenvalue weighted by Crippen LogP contribution is -2.38. The molecule has 5 N–H and O–H groups in total. The Labute approximate surface area is 116 Å². The van der Waals surface area contributed by atoms with Gasteiger partial charge in [-0.05, 0) is 38.5 Å². The molecule has 0 saturated heterocycles. The number of amides is 1. The lowest BCUT2D eigenvalue weighted by molar-refractivity contribution is -0.139. The molecule has 0 unspecified atom stereocenters. The second-order valence-electron chi connectivity index (χ2n) is 5.01. The Morgan fingerprint density at radius 2 is 1.70 bits per heavy atom. The van der Waals surface area contributed by atoms with Crippen LogP contribution in [0.1, 0.15) is 32.4 Å². The standard InChI is InChI=1S/C13H17NO5.H2O/c1-13(2,3)19-12(18)14-10(11(16)17)8-4-6-9(15)7-5-8;/h4-7,10,15H,1-3H3,(H,14,18)(H,16,17);1H2/t10-;/m1./s1. The summed E-state index contributed by atoms with van der Waals surface area (Å²) in [7, 11) is 0. The average molecular weight is 285 g/mol. The summed E-state index contributed by atoms with van der Waals surface area (Å²) in [4.78, 5) is 22.7. The van der Waals surface area contributed by atoms with Crippen LogP contribution >= 0.6 is 0 Å². The molecular weight excluding hydrogens is 266 g/mol. The van der Waals surface area contributed by atoms with Crippen molar-refractivity contribution in [3.05, 3.63) is 29.8 Å². The lowest BCUT2D eigenvalue weighted by atomic mass is 10.1. The van der Waals surface area contributed by atoms with Crippen LogP contribution in [0.4, 0.5) is 4.79 Å². The number of carbonyl (C=O) groups excluding carboxylic acids is 1. The minimum Gasteiger partial charge on any atom is -0.508 e. The molecule has 0 aliphatic carbocycles. The fraction of sp³-hybridized carbons (Fsp3) is 0.385. The number of carboxylic acids is 1. The number of carboxylic acid groups (broad SMARTS) is 1. The molecule has 0 spiro atoms. The van der Waals surface area contributed by atoms with E-state index in [9.17, 15) is 9.59 Å². The summed E-state index contributed by atoms with van der Waals surface area (Å²) in [6.45, 7) is 5.05. The Balaban J connectivity index is 0.00000361. The van der Waals surface area contributed by atoms with E-state index in [1.54, 1.807) is 20.8 Å². The second kappa shape index (κ2) is 6.76. The molecule has 0 aromatic heterocycles. The summed E-state index contributed by atoms with van der Waals surface area (Å²) in [6, 6.07) is 4.32. The van der Waals surface area contributed by atoms with Crippen molar-refractivity contribution >= 4 is 12.1 Å². The van der Waals surface area contributed by atoms with Crippen molar-refractivity contribution in [2.75, 3.05) is 0 Å². The van der Waals surface area contributed by atoms with Crippen molar-refractivity contribution in [2.45, 2.75) is 32.4 Å². The van der Waals surface area contributed by atoms with Gasteiger partial charge in [0.2, 0.25) is 0 Å². The molecule has 1 atom stereocenters. The zero-order valence-corrected chi connectivity index (χ0v) is 11.5. The predicted octanol–water partition coefficient (Wildman–Crippen LogP) is 1.22. The first-order valence-electron chi connectivity index (χ1n) is 5.70. The highest BCUT2D eigenvalue weighted by Crippen LogP contribution is 2.18. The van der Waals surface area contributed by atoms with Crippen molar-refractivity contribution in [1.29, 1.82) is 0 Å². The van der Waals surface area contributed by atoms with Gasteiger partial charge in [-0.3, -0.25) is 0 Å². The third-order valence-corrected chi connectivity index (χ3v) is 2.13. The molecule has 0 radical (unpaired) electrons. The van der Waals surface area contributed by atoms with Crippen molar-refractivity contribution < 1.29 is 30.0 Å². The van der Waals surface area contributed by atoms with Crippen LogP contribution in [0, 0.1) is 0 Å². The quantitative estimate of drug-likeness (QED) is 0.769. The van der Waals surface area contributed by atoms with E-state index in [2.05, 4.69) is 5.32 Å². The molecule has 0 saturated carbocycles. The summed E-state index contributed by atoms with van der Waals surface area (Å²) in [5, 5.41) is 20.5. The number of phenolic OH excluding ortho intramolecular Hbond substituents is 1. The molecule has 1 rings (SSSR count). The largest absolute Gasteiger partial charge is 0.508 e. The molecule has 0 aliphatic heterocycles. The smallest absolute Gasteiger partial charge is 0.408 e. The van der Waals surface area contributed by atoms with Crippen molar-refractivity contribution in [3.8, 4) is 5.75 Å². The van der Waals surface area contributed by atoms with Crippen molar-refractivity contribution in [2.24, 2.45) is 0 Å². The second-order valence-corrected chi connectivity index (χ2v) is 5.01. The van der Waals surface area contributed by atoms with Crippen molar-refractivity contribution in [3.63, 3.8) is 0 Å². The molecule has 7 heteroatoms. The Kier molecular flexibility index (Phi) is 5.99. The molecule has 1 amide bonds. The summed E-state index contributed by atoms with van der Waals surface area (Å²) >= 11 is 0. The van der Waals surface area contributed by atoms with Crippen LogP contribution in [0.15, 0.2) is 24.3 Å². The fourth-order valence-corrected chi connectivity index (χ4v) is 1.38. The van der Waals surface area contributed by atoms with E-state index in [-0.39, 0.29) is 11.2 Å². The van der Waals surface area contributed by atoms with Crippen LogP contribution in [0.25, 0.3) is 0 Å². The molecular formula is C13H19NO6. The van der Waals surface area contributed by atoms with Gasteiger partial charge in [0.05, 0.1) is 0 Å². The van der Waals surface area contributed by atoms with Crippen LogP contribution in [-0.2, 0) is 9.53 Å². The number of rotatable bonds is 3. The number of ether oxygens (including phenoxy) is 1. The molecule has 0 bridgehead atoms. The predicted molar refractivity (Wildman–Crippen MR) is 71.5 cm³/mol. The topological polar surface area (TPSA) is 127 Å². The lowest BCUT2D eigenvalue weighted by Gasteiger charge is -2.22. The number of carbonyl (C=O) groups is 2. The van der Waals surface area contributed by atoms with Crippen LogP contribution < -0.4 is 5.32 Å². The van der Waals surface area contributed by atoms with Crippen LogP contribution in [0.5, 0.6) is 5.75 Å². The van der Waals surface area contributed by atoms with E-state index >= 15 is 0 Å². The van der Waals surface area contributed by atoms with Gasteiger partial charge < -0.3 is 25.7 Å². The minimum atomic E-state index is -1.23. The summed E-state index contributed by atoms with van der Waals surface area (Å²) in [5.41, 5.74) is -0.363. The minimum absolute atomic E-state index is 0. The molecule has 0 fully saturated rings. The molecule has 1 aromatic carbocycles. The van der Waals surface area contributed by atoms with Gasteiger partial charge in [0, 0.05) is 0 Å². The first-order valence-corrected chi connectivity index (χ1v) is 5.70. The Hall–Kier alpha value is -2.28. The zero-order chi connectivity index (χ0) is 14.6. The number of phenols is 1. The van der Waals surface area contributed by atoms with Gasteiger partial charge in [0.1, 0.15) is 11.4 Å². The van der Waals surface area contributed by atoms with E-state index in [0.29, 0.717) is 5.56 Å². The maximum absolute atomic E-state index is 11.6. The molecule has 20 heavy (non-hydrogen) atoms. The fourth-order valence-electron chi connectivity index (χ4n) is 1.38. The number of alkyl carbamates (subject to hydrolysis) is 1. The summed E-state index contributed by atoms with van der Waals surface area (Å²) < 4.78 is 5.00. The van der Waals surface area contributed by atoms with Gasteiger partial charge in [0.25, 0.3) is 0 Å². The molecule has 112 valence electrons. The highest BCUT2D eigenvalue weighted by Gasteiger charge is 2.25. The summed E-state index contributed by atoms with van der Waals surface area (Å²) in [5.74, 6) is -1.19. The molecule has 0 heterocycles. The highest BCUT2D eigenvalue weighted by molar-refractivity contribution is 5.81. The van der Waals surface area contributed by atoms with E-state index in [4.69, 9.17) is 14.9 Å². The van der Waals surface area contributed by atoms with Crippen molar-refractivity contribution in [1.82, 2.24) is 5.32 Å². The van der Waals surface area contributed by atoms with Gasteiger partial charge in [-0.2, -0.15) is 0 Å². The maximum Gasteiger partial charge on any atom is 0.408 e. The molecule has 0 aliphatic rings.